The van der Waals surface area contributed by atoms with E-state index in [1.165, 1.54) is 6.07 Å². The normalized spacial score (nSPS) is 9.42. The van der Waals surface area contributed by atoms with Gasteiger partial charge in [-0.2, -0.15) is 0 Å². The molecule has 0 spiro atoms. The molecule has 0 heterocycles. The Bertz CT molecular complexity index is 337. The van der Waals surface area contributed by atoms with Crippen molar-refractivity contribution < 1.29 is 14.1 Å². The molecule has 0 N–H and O–H groups in total. The minimum Gasteiger partial charge on any atom is -0.298 e. The number of carbonyl (C=O) groups is 1. The van der Waals surface area contributed by atoms with Crippen LogP contribution in [0.5, 0.6) is 0 Å². The number of carbonyl (C=O) groups excluding carboxylic acids is 1. The molecule has 12 heavy (non-hydrogen) atoms. The van der Waals surface area contributed by atoms with Crippen LogP contribution in [-0.2, 0) is 0 Å². The molecule has 0 radical (unpaired) electrons. The summed E-state index contributed by atoms with van der Waals surface area (Å²) in [4.78, 5) is 19.6. The number of rotatable bonds is 2. The maximum absolute atomic E-state index is 12.7. The Morgan fingerprint density at radius 1 is 1.50 bits per heavy atom. The predicted octanol–water partition coefficient (Wildman–Crippen LogP) is 1.55. The first kappa shape index (κ1) is 8.32. The Labute approximate surface area is 66.8 Å². The Morgan fingerprint density at radius 3 is 2.58 bits per heavy atom. The summed E-state index contributed by atoms with van der Waals surface area (Å²) in [5.74, 6) is -0.876. The minimum absolute atomic E-state index is 0.132. The van der Waals surface area contributed by atoms with Gasteiger partial charge in [0.05, 0.1) is 4.92 Å². The van der Waals surface area contributed by atoms with Crippen LogP contribution in [0.25, 0.3) is 0 Å². The van der Waals surface area contributed by atoms with Crippen LogP contribution in [-0.4, -0.2) is 11.2 Å². The fourth-order valence-electron chi connectivity index (χ4n) is 0.802. The van der Waals surface area contributed by atoms with E-state index in [0.29, 0.717) is 0 Å². The molecule has 0 fully saturated rings. The van der Waals surface area contributed by atoms with Crippen LogP contribution in [0.15, 0.2) is 18.2 Å². The summed E-state index contributed by atoms with van der Waals surface area (Å²) in [7, 11) is 0. The van der Waals surface area contributed by atoms with Crippen LogP contribution < -0.4 is 0 Å². The fourth-order valence-corrected chi connectivity index (χ4v) is 0.802. The third-order valence-corrected chi connectivity index (χ3v) is 1.34. The highest BCUT2D eigenvalue weighted by Gasteiger charge is 2.15. The lowest BCUT2D eigenvalue weighted by atomic mass is 10.2. The zero-order valence-electron chi connectivity index (χ0n) is 5.86. The second-order valence-corrected chi connectivity index (χ2v) is 2.05. The zero-order chi connectivity index (χ0) is 9.14. The molecule has 1 rings (SSSR count). The summed E-state index contributed by atoms with van der Waals surface area (Å²) in [6.07, 6.45) is 0.132. The van der Waals surface area contributed by atoms with Crippen molar-refractivity contribution in [2.24, 2.45) is 0 Å². The van der Waals surface area contributed by atoms with Crippen LogP contribution >= 0.6 is 0 Å². The third kappa shape index (κ3) is 1.29. The summed E-state index contributed by atoms with van der Waals surface area (Å²) in [5.41, 5.74) is -1.02. The van der Waals surface area contributed by atoms with Crippen LogP contribution in [0.2, 0.25) is 0 Å². The van der Waals surface area contributed by atoms with Gasteiger partial charge in [-0.25, -0.2) is 4.39 Å². The van der Waals surface area contributed by atoms with E-state index in [2.05, 4.69) is 0 Å². The van der Waals surface area contributed by atoms with Crippen molar-refractivity contribution in [2.45, 2.75) is 0 Å². The van der Waals surface area contributed by atoms with E-state index in [4.69, 9.17) is 0 Å². The van der Waals surface area contributed by atoms with Crippen molar-refractivity contribution in [1.29, 1.82) is 0 Å². The largest absolute Gasteiger partial charge is 0.298 e. The summed E-state index contributed by atoms with van der Waals surface area (Å²) in [5, 5.41) is 10.2. The molecule has 4 nitrogen and oxygen atoms in total. The van der Waals surface area contributed by atoms with Gasteiger partial charge in [0.15, 0.2) is 6.29 Å². The van der Waals surface area contributed by atoms with Gasteiger partial charge < -0.3 is 0 Å². The van der Waals surface area contributed by atoms with Gasteiger partial charge in [-0.1, -0.05) is 6.07 Å². The van der Waals surface area contributed by atoms with Crippen LogP contribution in [0.3, 0.4) is 0 Å². The number of nitro benzene ring substituents is 1. The number of nitrogens with zero attached hydrogens (tertiary/aromatic N) is 1. The molecule has 62 valence electrons. The van der Waals surface area contributed by atoms with Gasteiger partial charge in [-0.3, -0.25) is 14.9 Å². The van der Waals surface area contributed by atoms with Crippen molar-refractivity contribution in [3.63, 3.8) is 0 Å². The molecule has 5 heteroatoms. The van der Waals surface area contributed by atoms with Crippen molar-refractivity contribution in [3.05, 3.63) is 39.7 Å². The second kappa shape index (κ2) is 3.08. The average molecular weight is 169 g/mol. The maximum atomic E-state index is 12.7. The topological polar surface area (TPSA) is 60.2 Å². The first-order valence-corrected chi connectivity index (χ1v) is 3.05. The van der Waals surface area contributed by atoms with E-state index in [1.807, 2.05) is 0 Å². The maximum Gasteiger partial charge on any atom is 0.282 e. The van der Waals surface area contributed by atoms with E-state index in [1.54, 1.807) is 0 Å². The van der Waals surface area contributed by atoms with Crippen LogP contribution in [0, 0.1) is 15.9 Å². The lowest BCUT2D eigenvalue weighted by Gasteiger charge is -1.94. The molecule has 0 aliphatic carbocycles. The molecule has 0 unspecified atom stereocenters. The lowest BCUT2D eigenvalue weighted by molar-refractivity contribution is -0.385. The third-order valence-electron chi connectivity index (χ3n) is 1.34. The molecule has 0 atom stereocenters. The molecule has 0 bridgehead atoms. The monoisotopic (exact) mass is 169 g/mol. The Balaban J connectivity index is 3.37. The number of nitro groups is 1. The summed E-state index contributed by atoms with van der Waals surface area (Å²) in [6.45, 7) is 0. The zero-order valence-corrected chi connectivity index (χ0v) is 5.86. The van der Waals surface area contributed by atoms with Gasteiger partial charge in [0, 0.05) is 6.07 Å². The van der Waals surface area contributed by atoms with E-state index >= 15 is 0 Å². The smallest absolute Gasteiger partial charge is 0.282 e. The SMILES string of the molecule is O=Cc1c(F)cccc1[N+](=O)[O-]. The summed E-state index contributed by atoms with van der Waals surface area (Å²) >= 11 is 0. The highest BCUT2D eigenvalue weighted by Crippen LogP contribution is 2.18. The van der Waals surface area contributed by atoms with E-state index in [0.717, 1.165) is 12.1 Å². The second-order valence-electron chi connectivity index (χ2n) is 2.05. The molecule has 0 aromatic heterocycles. The van der Waals surface area contributed by atoms with Crippen molar-refractivity contribution in [1.82, 2.24) is 0 Å². The lowest BCUT2D eigenvalue weighted by Crippen LogP contribution is -1.96. The standard InChI is InChI=1S/C7H4FNO3/c8-6-2-1-3-7(9(11)12)5(6)4-10/h1-4H. The Hall–Kier alpha value is -1.78. The first-order chi connectivity index (χ1) is 5.66. The molecule has 0 amide bonds. The highest BCUT2D eigenvalue weighted by molar-refractivity contribution is 5.81. The number of benzene rings is 1. The van der Waals surface area contributed by atoms with Crippen molar-refractivity contribution in [3.8, 4) is 0 Å². The van der Waals surface area contributed by atoms with Gasteiger partial charge in [0.1, 0.15) is 11.4 Å². The Morgan fingerprint density at radius 2 is 2.17 bits per heavy atom. The van der Waals surface area contributed by atoms with Crippen LogP contribution in [0.4, 0.5) is 10.1 Å². The number of aldehydes is 1. The molecule has 1 aromatic carbocycles. The van der Waals surface area contributed by atoms with Crippen molar-refractivity contribution >= 4 is 12.0 Å². The average Bonchev–Trinajstić information content (AvgIpc) is 2.03. The van der Waals surface area contributed by atoms with Gasteiger partial charge in [0.2, 0.25) is 0 Å². The highest BCUT2D eigenvalue weighted by atomic mass is 19.1. The summed E-state index contributed by atoms with van der Waals surface area (Å²) in [6, 6.07) is 3.25. The quantitative estimate of drug-likeness (QED) is 0.383. The van der Waals surface area contributed by atoms with Gasteiger partial charge in [-0.15, -0.1) is 0 Å². The molecule has 0 saturated heterocycles. The molecular weight excluding hydrogens is 165 g/mol. The van der Waals surface area contributed by atoms with Crippen LogP contribution in [0.1, 0.15) is 10.4 Å². The van der Waals surface area contributed by atoms with Gasteiger partial charge >= 0.3 is 0 Å². The molecule has 0 saturated carbocycles. The minimum atomic E-state index is -0.876. The number of hydrogen-bond donors (Lipinski definition) is 0. The van der Waals surface area contributed by atoms with Gasteiger partial charge in [0.25, 0.3) is 5.69 Å². The molecule has 0 aliphatic rings. The van der Waals surface area contributed by atoms with E-state index < -0.39 is 22.0 Å². The van der Waals surface area contributed by atoms with E-state index in [-0.39, 0.29) is 6.29 Å². The molecular formula is C7H4FNO3. The van der Waals surface area contributed by atoms with Crippen molar-refractivity contribution in [2.75, 3.05) is 0 Å². The fraction of sp³-hybridized carbons (Fsp3) is 0. The predicted molar refractivity (Wildman–Crippen MR) is 38.4 cm³/mol. The van der Waals surface area contributed by atoms with E-state index in [9.17, 15) is 19.3 Å². The first-order valence-electron chi connectivity index (χ1n) is 3.05. The molecule has 0 aliphatic heterocycles. The Kier molecular flexibility index (Phi) is 2.14. The number of halogens is 1. The molecule has 1 aromatic rings. The summed E-state index contributed by atoms with van der Waals surface area (Å²) < 4.78 is 12.7. The van der Waals surface area contributed by atoms with Gasteiger partial charge in [-0.05, 0) is 6.07 Å². The number of hydrogen-bond acceptors (Lipinski definition) is 3.